The standard InChI is InChI=1S/C16H19FN2O2/c17-14-4-3-11(15(18)20)8-13(14)16(21)19-6-5-9-1-2-10-7-12(9)10/h3-4,8-10,12H,1-2,5-7H2,(H2,18,20)(H,19,21). The van der Waals surface area contributed by atoms with E-state index in [4.69, 9.17) is 5.73 Å². The van der Waals surface area contributed by atoms with E-state index < -0.39 is 17.6 Å². The first-order valence-corrected chi connectivity index (χ1v) is 7.44. The number of amides is 2. The third kappa shape index (κ3) is 2.91. The number of carbonyl (C=O) groups excluding carboxylic acids is 2. The SMILES string of the molecule is NC(=O)c1ccc(F)c(C(=O)NCCC2CCC3CC23)c1. The quantitative estimate of drug-likeness (QED) is 0.871. The largest absolute Gasteiger partial charge is 0.366 e. The van der Waals surface area contributed by atoms with Gasteiger partial charge in [-0.1, -0.05) is 0 Å². The molecule has 0 radical (unpaired) electrons. The predicted molar refractivity (Wildman–Crippen MR) is 76.2 cm³/mol. The Balaban J connectivity index is 1.57. The van der Waals surface area contributed by atoms with Gasteiger partial charge in [-0.15, -0.1) is 0 Å². The summed E-state index contributed by atoms with van der Waals surface area (Å²) in [5.41, 5.74) is 5.16. The molecule has 0 bridgehead atoms. The van der Waals surface area contributed by atoms with Gasteiger partial charge in [0.15, 0.2) is 0 Å². The van der Waals surface area contributed by atoms with E-state index in [1.54, 1.807) is 0 Å². The number of halogens is 1. The van der Waals surface area contributed by atoms with Crippen molar-refractivity contribution in [3.8, 4) is 0 Å². The molecule has 1 aromatic carbocycles. The minimum Gasteiger partial charge on any atom is -0.366 e. The molecule has 0 spiro atoms. The number of hydrogen-bond acceptors (Lipinski definition) is 2. The molecular formula is C16H19FN2O2. The summed E-state index contributed by atoms with van der Waals surface area (Å²) in [6.07, 6.45) is 4.85. The van der Waals surface area contributed by atoms with Gasteiger partial charge < -0.3 is 11.1 Å². The van der Waals surface area contributed by atoms with Crippen LogP contribution >= 0.6 is 0 Å². The molecule has 2 fully saturated rings. The third-order valence-electron chi connectivity index (χ3n) is 4.79. The molecule has 3 atom stereocenters. The molecule has 2 aliphatic carbocycles. The van der Waals surface area contributed by atoms with Crippen LogP contribution in [0.5, 0.6) is 0 Å². The Morgan fingerprint density at radius 3 is 2.76 bits per heavy atom. The summed E-state index contributed by atoms with van der Waals surface area (Å²) in [5, 5.41) is 2.74. The molecule has 112 valence electrons. The first-order valence-electron chi connectivity index (χ1n) is 7.44. The molecule has 5 heteroatoms. The average molecular weight is 290 g/mol. The van der Waals surface area contributed by atoms with Gasteiger partial charge in [-0.2, -0.15) is 0 Å². The van der Waals surface area contributed by atoms with E-state index in [0.29, 0.717) is 12.5 Å². The second-order valence-corrected chi connectivity index (χ2v) is 6.10. The highest BCUT2D eigenvalue weighted by Gasteiger charge is 2.47. The van der Waals surface area contributed by atoms with E-state index in [-0.39, 0.29) is 11.1 Å². The van der Waals surface area contributed by atoms with E-state index in [1.165, 1.54) is 31.4 Å². The lowest BCUT2D eigenvalue weighted by Crippen LogP contribution is -2.27. The summed E-state index contributed by atoms with van der Waals surface area (Å²) in [7, 11) is 0. The number of hydrogen-bond donors (Lipinski definition) is 2. The summed E-state index contributed by atoms with van der Waals surface area (Å²) >= 11 is 0. The molecule has 4 nitrogen and oxygen atoms in total. The number of rotatable bonds is 5. The molecule has 2 aliphatic rings. The van der Waals surface area contributed by atoms with Crippen molar-refractivity contribution in [3.05, 3.63) is 35.1 Å². The number of primary amides is 1. The lowest BCUT2D eigenvalue weighted by Gasteiger charge is -2.12. The Morgan fingerprint density at radius 1 is 1.33 bits per heavy atom. The summed E-state index contributed by atoms with van der Waals surface area (Å²) in [5.74, 6) is 0.695. The van der Waals surface area contributed by atoms with Gasteiger partial charge in [0.1, 0.15) is 5.82 Å². The molecule has 3 unspecified atom stereocenters. The van der Waals surface area contributed by atoms with Crippen LogP contribution in [-0.2, 0) is 0 Å². The third-order valence-corrected chi connectivity index (χ3v) is 4.79. The Labute approximate surface area is 122 Å². The van der Waals surface area contributed by atoms with Crippen molar-refractivity contribution < 1.29 is 14.0 Å². The molecule has 2 amide bonds. The van der Waals surface area contributed by atoms with Gasteiger partial charge in [-0.05, 0) is 61.6 Å². The summed E-state index contributed by atoms with van der Waals surface area (Å²) in [4.78, 5) is 23.1. The number of carbonyl (C=O) groups is 2. The van der Waals surface area contributed by atoms with Crippen LogP contribution < -0.4 is 11.1 Å². The predicted octanol–water partition coefficient (Wildman–Crippen LogP) is 2.09. The number of fused-ring (bicyclic) bond motifs is 1. The topological polar surface area (TPSA) is 72.2 Å². The van der Waals surface area contributed by atoms with Crippen LogP contribution in [-0.4, -0.2) is 18.4 Å². The molecule has 21 heavy (non-hydrogen) atoms. The fourth-order valence-corrected chi connectivity index (χ4v) is 3.50. The zero-order valence-corrected chi connectivity index (χ0v) is 11.8. The molecule has 0 aromatic heterocycles. The highest BCUT2D eigenvalue weighted by molar-refractivity contribution is 5.99. The van der Waals surface area contributed by atoms with E-state index in [2.05, 4.69) is 5.32 Å². The maximum absolute atomic E-state index is 13.7. The van der Waals surface area contributed by atoms with Crippen LogP contribution in [0.1, 0.15) is 46.4 Å². The van der Waals surface area contributed by atoms with Crippen LogP contribution in [0.2, 0.25) is 0 Å². The molecule has 0 aliphatic heterocycles. The summed E-state index contributed by atoms with van der Waals surface area (Å²) in [6.45, 7) is 0.549. The lowest BCUT2D eigenvalue weighted by atomic mass is 9.99. The van der Waals surface area contributed by atoms with E-state index >= 15 is 0 Å². The van der Waals surface area contributed by atoms with Crippen LogP contribution in [0.15, 0.2) is 18.2 Å². The molecule has 0 heterocycles. The highest BCUT2D eigenvalue weighted by Crippen LogP contribution is 2.56. The molecule has 1 aromatic rings. The Bertz CT molecular complexity index is 588. The number of nitrogens with one attached hydrogen (secondary N) is 1. The Kier molecular flexibility index (Phi) is 3.66. The highest BCUT2D eigenvalue weighted by atomic mass is 19.1. The van der Waals surface area contributed by atoms with Crippen molar-refractivity contribution in [2.75, 3.05) is 6.54 Å². The minimum atomic E-state index is -0.671. The van der Waals surface area contributed by atoms with E-state index in [1.807, 2.05) is 0 Å². The van der Waals surface area contributed by atoms with E-state index in [0.717, 1.165) is 24.3 Å². The fraction of sp³-hybridized carbons (Fsp3) is 0.500. The van der Waals surface area contributed by atoms with Crippen molar-refractivity contribution in [3.63, 3.8) is 0 Å². The van der Waals surface area contributed by atoms with Crippen molar-refractivity contribution in [2.45, 2.75) is 25.7 Å². The molecule has 3 rings (SSSR count). The molecule has 0 saturated heterocycles. The van der Waals surface area contributed by atoms with Crippen LogP contribution in [0.4, 0.5) is 4.39 Å². The van der Waals surface area contributed by atoms with Crippen LogP contribution in [0, 0.1) is 23.6 Å². The molecular weight excluding hydrogens is 271 g/mol. The van der Waals surface area contributed by atoms with Gasteiger partial charge in [0.05, 0.1) is 5.56 Å². The lowest BCUT2D eigenvalue weighted by molar-refractivity contribution is 0.0947. The summed E-state index contributed by atoms with van der Waals surface area (Å²) < 4.78 is 13.7. The first kappa shape index (κ1) is 14.0. The Hall–Kier alpha value is -1.91. The Morgan fingerprint density at radius 2 is 2.14 bits per heavy atom. The first-order chi connectivity index (χ1) is 10.1. The molecule has 2 saturated carbocycles. The van der Waals surface area contributed by atoms with Gasteiger partial charge in [0, 0.05) is 12.1 Å². The van der Waals surface area contributed by atoms with Crippen molar-refractivity contribution in [1.29, 1.82) is 0 Å². The summed E-state index contributed by atoms with van der Waals surface area (Å²) in [6, 6.07) is 3.58. The van der Waals surface area contributed by atoms with Crippen molar-refractivity contribution in [1.82, 2.24) is 5.32 Å². The average Bonchev–Trinajstić information content (AvgIpc) is 3.13. The van der Waals surface area contributed by atoms with Gasteiger partial charge in [-0.3, -0.25) is 9.59 Å². The zero-order valence-electron chi connectivity index (χ0n) is 11.8. The smallest absolute Gasteiger partial charge is 0.254 e. The van der Waals surface area contributed by atoms with Crippen LogP contribution in [0.25, 0.3) is 0 Å². The van der Waals surface area contributed by atoms with Crippen LogP contribution in [0.3, 0.4) is 0 Å². The number of benzene rings is 1. The number of nitrogens with two attached hydrogens (primary N) is 1. The maximum Gasteiger partial charge on any atom is 0.254 e. The zero-order chi connectivity index (χ0) is 15.0. The van der Waals surface area contributed by atoms with E-state index in [9.17, 15) is 14.0 Å². The monoisotopic (exact) mass is 290 g/mol. The fourth-order valence-electron chi connectivity index (χ4n) is 3.50. The van der Waals surface area contributed by atoms with Gasteiger partial charge >= 0.3 is 0 Å². The van der Waals surface area contributed by atoms with Gasteiger partial charge in [0.2, 0.25) is 5.91 Å². The maximum atomic E-state index is 13.7. The second kappa shape index (κ2) is 5.47. The molecule has 3 N–H and O–H groups in total. The van der Waals surface area contributed by atoms with Gasteiger partial charge in [0.25, 0.3) is 5.91 Å². The van der Waals surface area contributed by atoms with Crippen molar-refractivity contribution in [2.24, 2.45) is 23.5 Å². The normalized spacial score (nSPS) is 26.2. The minimum absolute atomic E-state index is 0.123. The second-order valence-electron chi connectivity index (χ2n) is 6.10. The van der Waals surface area contributed by atoms with Gasteiger partial charge in [-0.25, -0.2) is 4.39 Å². The van der Waals surface area contributed by atoms with Crippen molar-refractivity contribution >= 4 is 11.8 Å².